The summed E-state index contributed by atoms with van der Waals surface area (Å²) >= 11 is 0. The molecule has 136 valence electrons. The van der Waals surface area contributed by atoms with E-state index in [2.05, 4.69) is 10.6 Å². The molecule has 0 aromatic heterocycles. The number of aryl methyl sites for hydroxylation is 2. The van der Waals surface area contributed by atoms with Crippen LogP contribution in [0.4, 0.5) is 17.1 Å². The molecule has 26 heavy (non-hydrogen) atoms. The Balaban J connectivity index is 2.11. The lowest BCUT2D eigenvalue weighted by molar-refractivity contribution is -0.120. The first kappa shape index (κ1) is 19.2. The minimum Gasteiger partial charge on any atom is -0.326 e. The maximum absolute atomic E-state index is 12.4. The Labute approximate surface area is 153 Å². The molecule has 0 saturated heterocycles. The van der Waals surface area contributed by atoms with Crippen LogP contribution in [0.3, 0.4) is 0 Å². The number of carbonyl (C=O) groups is 3. The van der Waals surface area contributed by atoms with E-state index in [0.717, 1.165) is 16.8 Å². The summed E-state index contributed by atoms with van der Waals surface area (Å²) in [5.74, 6) is -0.652. The molecule has 0 bridgehead atoms. The normalized spacial score (nSPS) is 10.2. The Morgan fingerprint density at radius 1 is 0.846 bits per heavy atom. The SMILES string of the molecule is CC(=O)Nc1ccc(NC(=O)CN(C(C)=O)c2c(C)cccc2C)cc1. The largest absolute Gasteiger partial charge is 0.326 e. The number of nitrogens with one attached hydrogen (secondary N) is 2. The van der Waals surface area contributed by atoms with E-state index in [1.807, 2.05) is 32.0 Å². The van der Waals surface area contributed by atoms with Crippen molar-refractivity contribution < 1.29 is 14.4 Å². The van der Waals surface area contributed by atoms with Crippen molar-refractivity contribution in [1.29, 1.82) is 0 Å². The summed E-state index contributed by atoms with van der Waals surface area (Å²) < 4.78 is 0. The molecule has 2 N–H and O–H groups in total. The van der Waals surface area contributed by atoms with Crippen LogP contribution in [0.1, 0.15) is 25.0 Å². The van der Waals surface area contributed by atoms with Gasteiger partial charge in [-0.3, -0.25) is 14.4 Å². The zero-order valence-corrected chi connectivity index (χ0v) is 15.4. The fraction of sp³-hybridized carbons (Fsp3) is 0.250. The summed E-state index contributed by atoms with van der Waals surface area (Å²) in [6, 6.07) is 12.5. The predicted octanol–water partition coefficient (Wildman–Crippen LogP) is 3.25. The van der Waals surface area contributed by atoms with Crippen LogP contribution in [0.25, 0.3) is 0 Å². The molecule has 0 heterocycles. The lowest BCUT2D eigenvalue weighted by Crippen LogP contribution is -2.37. The van der Waals surface area contributed by atoms with Gasteiger partial charge < -0.3 is 15.5 Å². The fourth-order valence-corrected chi connectivity index (χ4v) is 2.76. The molecule has 0 radical (unpaired) electrons. The van der Waals surface area contributed by atoms with E-state index in [1.54, 1.807) is 24.3 Å². The molecular weight excluding hydrogens is 330 g/mol. The van der Waals surface area contributed by atoms with Crippen molar-refractivity contribution in [2.45, 2.75) is 27.7 Å². The van der Waals surface area contributed by atoms with Crippen LogP contribution in [0.5, 0.6) is 0 Å². The monoisotopic (exact) mass is 353 g/mol. The number of rotatable bonds is 5. The Morgan fingerprint density at radius 3 is 1.81 bits per heavy atom. The minimum absolute atomic E-state index is 0.0749. The maximum atomic E-state index is 12.4. The lowest BCUT2D eigenvalue weighted by atomic mass is 10.1. The van der Waals surface area contributed by atoms with E-state index in [1.165, 1.54) is 18.7 Å². The molecule has 2 rings (SSSR count). The highest BCUT2D eigenvalue weighted by atomic mass is 16.2. The molecule has 0 aliphatic heterocycles. The number of hydrogen-bond acceptors (Lipinski definition) is 3. The first-order chi connectivity index (χ1) is 12.3. The van der Waals surface area contributed by atoms with Crippen molar-refractivity contribution >= 4 is 34.8 Å². The van der Waals surface area contributed by atoms with Crippen LogP contribution in [-0.2, 0) is 14.4 Å². The number of anilines is 3. The minimum atomic E-state index is -0.296. The highest BCUT2D eigenvalue weighted by molar-refractivity contribution is 6.02. The molecule has 2 aromatic rings. The number of nitrogens with zero attached hydrogens (tertiary/aromatic N) is 1. The number of carbonyl (C=O) groups excluding carboxylic acids is 3. The average molecular weight is 353 g/mol. The predicted molar refractivity (Wildman–Crippen MR) is 103 cm³/mol. The van der Waals surface area contributed by atoms with Gasteiger partial charge in [-0.1, -0.05) is 18.2 Å². The van der Waals surface area contributed by atoms with Gasteiger partial charge in [0.1, 0.15) is 6.54 Å². The molecule has 2 aromatic carbocycles. The van der Waals surface area contributed by atoms with E-state index >= 15 is 0 Å². The van der Waals surface area contributed by atoms with E-state index in [9.17, 15) is 14.4 Å². The Kier molecular flexibility index (Phi) is 6.11. The first-order valence-electron chi connectivity index (χ1n) is 8.29. The van der Waals surface area contributed by atoms with Gasteiger partial charge >= 0.3 is 0 Å². The molecule has 0 atom stereocenters. The quantitative estimate of drug-likeness (QED) is 0.866. The highest BCUT2D eigenvalue weighted by Crippen LogP contribution is 2.24. The van der Waals surface area contributed by atoms with Crippen LogP contribution < -0.4 is 15.5 Å². The number of para-hydroxylation sites is 1. The molecule has 0 spiro atoms. The van der Waals surface area contributed by atoms with Crippen LogP contribution in [0.2, 0.25) is 0 Å². The van der Waals surface area contributed by atoms with Gasteiger partial charge in [-0.15, -0.1) is 0 Å². The van der Waals surface area contributed by atoms with Gasteiger partial charge in [0.25, 0.3) is 0 Å². The highest BCUT2D eigenvalue weighted by Gasteiger charge is 2.19. The first-order valence-corrected chi connectivity index (χ1v) is 8.29. The lowest BCUT2D eigenvalue weighted by Gasteiger charge is -2.24. The third-order valence-corrected chi connectivity index (χ3v) is 3.88. The summed E-state index contributed by atoms with van der Waals surface area (Å²) in [7, 11) is 0. The second kappa shape index (κ2) is 8.29. The zero-order valence-electron chi connectivity index (χ0n) is 15.4. The second-order valence-electron chi connectivity index (χ2n) is 6.15. The van der Waals surface area contributed by atoms with Crippen LogP contribution in [0, 0.1) is 13.8 Å². The molecule has 0 saturated carbocycles. The molecule has 0 aliphatic rings. The fourth-order valence-electron chi connectivity index (χ4n) is 2.76. The third kappa shape index (κ3) is 4.92. The summed E-state index contributed by atoms with van der Waals surface area (Å²) in [6.45, 7) is 6.63. The second-order valence-corrected chi connectivity index (χ2v) is 6.15. The molecule has 0 fully saturated rings. The molecule has 3 amide bonds. The Hall–Kier alpha value is -3.15. The molecule has 0 unspecified atom stereocenters. The van der Waals surface area contributed by atoms with Crippen molar-refractivity contribution in [3.8, 4) is 0 Å². The Morgan fingerprint density at radius 2 is 1.35 bits per heavy atom. The summed E-state index contributed by atoms with van der Waals surface area (Å²) in [5, 5.41) is 5.43. The number of amides is 3. The zero-order chi connectivity index (χ0) is 19.3. The van der Waals surface area contributed by atoms with E-state index in [-0.39, 0.29) is 24.3 Å². The van der Waals surface area contributed by atoms with Gasteiger partial charge in [0.2, 0.25) is 17.7 Å². The smallest absolute Gasteiger partial charge is 0.244 e. The summed E-state index contributed by atoms with van der Waals surface area (Å²) in [4.78, 5) is 37.0. The van der Waals surface area contributed by atoms with Crippen molar-refractivity contribution in [2.75, 3.05) is 22.1 Å². The Bertz CT molecular complexity index is 808. The van der Waals surface area contributed by atoms with Crippen molar-refractivity contribution in [3.63, 3.8) is 0 Å². The van der Waals surface area contributed by atoms with Gasteiger partial charge in [-0.2, -0.15) is 0 Å². The van der Waals surface area contributed by atoms with E-state index in [4.69, 9.17) is 0 Å². The molecular formula is C20H23N3O3. The van der Waals surface area contributed by atoms with Crippen molar-refractivity contribution in [3.05, 3.63) is 53.6 Å². The molecule has 0 aliphatic carbocycles. The molecule has 6 nitrogen and oxygen atoms in total. The van der Waals surface area contributed by atoms with Crippen LogP contribution >= 0.6 is 0 Å². The van der Waals surface area contributed by atoms with E-state index in [0.29, 0.717) is 11.4 Å². The number of benzene rings is 2. The third-order valence-electron chi connectivity index (χ3n) is 3.88. The van der Waals surface area contributed by atoms with Gasteiger partial charge in [-0.25, -0.2) is 0 Å². The van der Waals surface area contributed by atoms with Gasteiger partial charge in [-0.05, 0) is 49.2 Å². The topological polar surface area (TPSA) is 78.5 Å². The standard InChI is InChI=1S/C20H23N3O3/c1-13-6-5-7-14(2)20(13)23(16(4)25)12-19(26)22-18-10-8-17(9-11-18)21-15(3)24/h5-11H,12H2,1-4H3,(H,21,24)(H,22,26). The van der Waals surface area contributed by atoms with Crippen molar-refractivity contribution in [1.82, 2.24) is 0 Å². The van der Waals surface area contributed by atoms with Gasteiger partial charge in [0, 0.05) is 25.2 Å². The van der Waals surface area contributed by atoms with E-state index < -0.39 is 0 Å². The molecule has 6 heteroatoms. The number of hydrogen-bond donors (Lipinski definition) is 2. The van der Waals surface area contributed by atoms with Gasteiger partial charge in [0.05, 0.1) is 5.69 Å². The van der Waals surface area contributed by atoms with Crippen LogP contribution in [0.15, 0.2) is 42.5 Å². The maximum Gasteiger partial charge on any atom is 0.244 e. The average Bonchev–Trinajstić information content (AvgIpc) is 2.55. The van der Waals surface area contributed by atoms with Crippen LogP contribution in [-0.4, -0.2) is 24.3 Å². The van der Waals surface area contributed by atoms with Gasteiger partial charge in [0.15, 0.2) is 0 Å². The summed E-state index contributed by atoms with van der Waals surface area (Å²) in [6.07, 6.45) is 0. The summed E-state index contributed by atoms with van der Waals surface area (Å²) in [5.41, 5.74) is 3.88. The van der Waals surface area contributed by atoms with Crippen molar-refractivity contribution in [2.24, 2.45) is 0 Å².